The van der Waals surface area contributed by atoms with Crippen LogP contribution in [-0.4, -0.2) is 12.6 Å². The highest BCUT2D eigenvalue weighted by atomic mass is 79.9. The summed E-state index contributed by atoms with van der Waals surface area (Å²) in [6, 6.07) is 9.58. The molecular weight excluding hydrogens is 338 g/mol. The maximum Gasteiger partial charge on any atom is 0.338 e. The first kappa shape index (κ1) is 15.1. The van der Waals surface area contributed by atoms with Gasteiger partial charge in [-0.25, -0.2) is 4.79 Å². The quantitative estimate of drug-likeness (QED) is 0.780. The van der Waals surface area contributed by atoms with Gasteiger partial charge in [-0.3, -0.25) is 0 Å². The molecule has 1 atom stereocenters. The number of hydrogen-bond acceptors (Lipinski definition) is 4. The van der Waals surface area contributed by atoms with E-state index in [1.54, 1.807) is 30.4 Å². The lowest BCUT2D eigenvalue weighted by Crippen LogP contribution is -2.07. The Morgan fingerprint density at radius 3 is 2.60 bits per heavy atom. The van der Waals surface area contributed by atoms with Crippen molar-refractivity contribution in [2.24, 2.45) is 0 Å². The molecule has 0 saturated carbocycles. The van der Waals surface area contributed by atoms with Gasteiger partial charge < -0.3 is 10.1 Å². The van der Waals surface area contributed by atoms with E-state index in [0.29, 0.717) is 12.2 Å². The topological polar surface area (TPSA) is 38.3 Å². The van der Waals surface area contributed by atoms with Crippen LogP contribution in [-0.2, 0) is 4.74 Å². The highest BCUT2D eigenvalue weighted by molar-refractivity contribution is 9.10. The van der Waals surface area contributed by atoms with E-state index in [1.807, 2.05) is 18.2 Å². The van der Waals surface area contributed by atoms with Crippen molar-refractivity contribution >= 4 is 38.9 Å². The van der Waals surface area contributed by atoms with Crippen LogP contribution in [0.3, 0.4) is 0 Å². The van der Waals surface area contributed by atoms with Crippen LogP contribution >= 0.6 is 27.3 Å². The highest BCUT2D eigenvalue weighted by Crippen LogP contribution is 2.31. The molecule has 0 aliphatic rings. The number of ether oxygens (including phenoxy) is 1. The van der Waals surface area contributed by atoms with Crippen LogP contribution in [0.4, 0.5) is 5.69 Å². The van der Waals surface area contributed by atoms with Crippen molar-refractivity contribution in [1.82, 2.24) is 0 Å². The molecule has 0 bridgehead atoms. The Hall–Kier alpha value is -1.33. The molecule has 1 N–H and O–H groups in total. The van der Waals surface area contributed by atoms with E-state index in [9.17, 15) is 4.79 Å². The fourth-order valence-electron chi connectivity index (χ4n) is 1.85. The number of halogens is 1. The summed E-state index contributed by atoms with van der Waals surface area (Å²) in [4.78, 5) is 12.8. The van der Waals surface area contributed by atoms with Crippen LogP contribution in [0.2, 0.25) is 0 Å². The van der Waals surface area contributed by atoms with Crippen molar-refractivity contribution in [2.45, 2.75) is 19.9 Å². The number of carbonyl (C=O) groups excluding carboxylic acids is 1. The lowest BCUT2D eigenvalue weighted by molar-refractivity contribution is 0.0526. The van der Waals surface area contributed by atoms with Gasteiger partial charge in [-0.1, -0.05) is 0 Å². The maximum atomic E-state index is 11.6. The molecule has 1 unspecified atom stereocenters. The molecule has 1 heterocycles. The van der Waals surface area contributed by atoms with Crippen LogP contribution in [0.15, 0.2) is 40.2 Å². The van der Waals surface area contributed by atoms with Gasteiger partial charge in [0.05, 0.1) is 18.2 Å². The third-order valence-electron chi connectivity index (χ3n) is 2.82. The predicted molar refractivity (Wildman–Crippen MR) is 86.5 cm³/mol. The molecule has 0 aliphatic carbocycles. The van der Waals surface area contributed by atoms with Crippen molar-refractivity contribution in [3.8, 4) is 0 Å². The number of esters is 1. The first-order valence-electron chi connectivity index (χ1n) is 6.38. The molecule has 20 heavy (non-hydrogen) atoms. The molecule has 0 saturated heterocycles. The molecule has 1 aromatic heterocycles. The Morgan fingerprint density at radius 1 is 1.35 bits per heavy atom. The second kappa shape index (κ2) is 6.90. The Bertz CT molecular complexity index is 580. The summed E-state index contributed by atoms with van der Waals surface area (Å²) in [5.41, 5.74) is 1.55. The largest absolute Gasteiger partial charge is 0.462 e. The van der Waals surface area contributed by atoms with Gasteiger partial charge in [-0.15, -0.1) is 11.3 Å². The lowest BCUT2D eigenvalue weighted by atomic mass is 10.2. The minimum absolute atomic E-state index is 0.206. The minimum Gasteiger partial charge on any atom is -0.462 e. The van der Waals surface area contributed by atoms with Gasteiger partial charge in [0, 0.05) is 15.0 Å². The summed E-state index contributed by atoms with van der Waals surface area (Å²) in [5, 5.41) is 5.47. The summed E-state index contributed by atoms with van der Waals surface area (Å²) in [7, 11) is 0. The van der Waals surface area contributed by atoms with Crippen molar-refractivity contribution in [2.75, 3.05) is 11.9 Å². The van der Waals surface area contributed by atoms with E-state index in [4.69, 9.17) is 4.74 Å². The van der Waals surface area contributed by atoms with E-state index in [2.05, 4.69) is 33.6 Å². The molecule has 0 spiro atoms. The molecule has 0 fully saturated rings. The molecule has 3 nitrogen and oxygen atoms in total. The first-order valence-corrected chi connectivity index (χ1v) is 8.05. The minimum atomic E-state index is -0.284. The van der Waals surface area contributed by atoms with E-state index in [1.165, 1.54) is 4.88 Å². The summed E-state index contributed by atoms with van der Waals surface area (Å²) in [5.74, 6) is -0.284. The van der Waals surface area contributed by atoms with Gasteiger partial charge in [0.25, 0.3) is 0 Å². The number of benzene rings is 1. The second-order valence-corrected chi connectivity index (χ2v) is 6.10. The van der Waals surface area contributed by atoms with Gasteiger partial charge in [-0.2, -0.15) is 0 Å². The first-order chi connectivity index (χ1) is 9.61. The Labute approximate surface area is 131 Å². The number of carbonyl (C=O) groups is 1. The Kier molecular flexibility index (Phi) is 5.20. The molecule has 0 radical (unpaired) electrons. The number of rotatable bonds is 5. The molecule has 2 rings (SSSR count). The SMILES string of the molecule is CCOC(=O)c1ccc(NC(C)c2sccc2Br)cc1. The fourth-order valence-corrected chi connectivity index (χ4v) is 3.57. The van der Waals surface area contributed by atoms with Crippen LogP contribution < -0.4 is 5.32 Å². The van der Waals surface area contributed by atoms with Crippen molar-refractivity contribution in [3.05, 3.63) is 50.6 Å². The monoisotopic (exact) mass is 353 g/mol. The molecule has 0 amide bonds. The molecule has 5 heteroatoms. The van der Waals surface area contributed by atoms with E-state index < -0.39 is 0 Å². The number of hydrogen-bond donors (Lipinski definition) is 1. The van der Waals surface area contributed by atoms with Gasteiger partial charge >= 0.3 is 5.97 Å². The molecule has 106 valence electrons. The summed E-state index contributed by atoms with van der Waals surface area (Å²) >= 11 is 5.25. The van der Waals surface area contributed by atoms with Crippen LogP contribution in [0.1, 0.15) is 35.1 Å². The highest BCUT2D eigenvalue weighted by Gasteiger charge is 2.11. The van der Waals surface area contributed by atoms with Crippen LogP contribution in [0.25, 0.3) is 0 Å². The molecule has 2 aromatic rings. The third kappa shape index (κ3) is 3.61. The van der Waals surface area contributed by atoms with E-state index >= 15 is 0 Å². The average molecular weight is 354 g/mol. The summed E-state index contributed by atoms with van der Waals surface area (Å²) in [6.45, 7) is 4.30. The number of thiophene rings is 1. The molecule has 1 aromatic carbocycles. The third-order valence-corrected chi connectivity index (χ3v) is 4.87. The summed E-state index contributed by atoms with van der Waals surface area (Å²) in [6.07, 6.45) is 0. The number of nitrogens with one attached hydrogen (secondary N) is 1. The van der Waals surface area contributed by atoms with Gasteiger partial charge in [0.2, 0.25) is 0 Å². The maximum absolute atomic E-state index is 11.6. The van der Waals surface area contributed by atoms with Gasteiger partial charge in [0.1, 0.15) is 0 Å². The summed E-state index contributed by atoms with van der Waals surface area (Å²) < 4.78 is 6.08. The fraction of sp³-hybridized carbons (Fsp3) is 0.267. The van der Waals surface area contributed by atoms with Crippen LogP contribution in [0.5, 0.6) is 0 Å². The number of anilines is 1. The Balaban J connectivity index is 2.04. The predicted octanol–water partition coefficient (Wildman–Crippen LogP) is 4.86. The zero-order chi connectivity index (χ0) is 14.5. The van der Waals surface area contributed by atoms with Gasteiger partial charge in [0.15, 0.2) is 0 Å². The van der Waals surface area contributed by atoms with Gasteiger partial charge in [-0.05, 0) is 65.5 Å². The van der Waals surface area contributed by atoms with E-state index in [0.717, 1.165) is 10.2 Å². The molecular formula is C15H16BrNO2S. The van der Waals surface area contributed by atoms with Crippen LogP contribution in [0, 0.1) is 0 Å². The van der Waals surface area contributed by atoms with Crippen molar-refractivity contribution in [3.63, 3.8) is 0 Å². The Morgan fingerprint density at radius 2 is 2.05 bits per heavy atom. The van der Waals surface area contributed by atoms with Crippen molar-refractivity contribution < 1.29 is 9.53 Å². The zero-order valence-corrected chi connectivity index (χ0v) is 13.8. The molecule has 0 aliphatic heterocycles. The second-order valence-electron chi connectivity index (χ2n) is 4.30. The van der Waals surface area contributed by atoms with Crippen molar-refractivity contribution in [1.29, 1.82) is 0 Å². The standard InChI is InChI=1S/C15H16BrNO2S/c1-3-19-15(18)11-4-6-12(7-5-11)17-10(2)14-13(16)8-9-20-14/h4-10,17H,3H2,1-2H3. The smallest absolute Gasteiger partial charge is 0.338 e. The average Bonchev–Trinajstić information content (AvgIpc) is 2.86. The zero-order valence-electron chi connectivity index (χ0n) is 11.4. The normalized spacial score (nSPS) is 11.9. The van der Waals surface area contributed by atoms with E-state index in [-0.39, 0.29) is 12.0 Å². The lowest BCUT2D eigenvalue weighted by Gasteiger charge is -2.14.